The van der Waals surface area contributed by atoms with E-state index in [2.05, 4.69) is 0 Å². The van der Waals surface area contributed by atoms with E-state index in [1.165, 1.54) is 20.1 Å². The number of benzene rings is 1. The third-order valence-corrected chi connectivity index (χ3v) is 4.00. The van der Waals surface area contributed by atoms with E-state index >= 15 is 0 Å². The van der Waals surface area contributed by atoms with Crippen LogP contribution in [0.4, 0.5) is 5.69 Å². The Bertz CT molecular complexity index is 723. The molecule has 1 atom stereocenters. The molecule has 1 rings (SSSR count). The number of nitrogens with zero attached hydrogens (tertiary/aromatic N) is 2. The van der Waals surface area contributed by atoms with Gasteiger partial charge in [0, 0.05) is 18.2 Å². The molecular weight excluding hydrogens is 368 g/mol. The molecule has 1 aromatic carbocycles. The molecule has 0 fully saturated rings. The lowest BCUT2D eigenvalue weighted by atomic mass is 10.1. The number of nitro groups is 1. The van der Waals surface area contributed by atoms with E-state index in [4.69, 9.17) is 14.2 Å². The van der Waals surface area contributed by atoms with Crippen molar-refractivity contribution in [1.82, 2.24) is 4.90 Å². The zero-order valence-electron chi connectivity index (χ0n) is 17.3. The first-order valence-electron chi connectivity index (χ1n) is 9.07. The molecule has 0 N–H and O–H groups in total. The fourth-order valence-corrected chi connectivity index (χ4v) is 2.88. The van der Waals surface area contributed by atoms with Crippen LogP contribution in [0.1, 0.15) is 51.9 Å². The van der Waals surface area contributed by atoms with Gasteiger partial charge in [0.1, 0.15) is 5.56 Å². The van der Waals surface area contributed by atoms with Gasteiger partial charge >= 0.3 is 5.97 Å². The van der Waals surface area contributed by atoms with Gasteiger partial charge in [-0.2, -0.15) is 0 Å². The monoisotopic (exact) mass is 396 g/mol. The summed E-state index contributed by atoms with van der Waals surface area (Å²) in [5.74, 6) is -1.06. The van der Waals surface area contributed by atoms with Crippen LogP contribution in [-0.4, -0.2) is 53.6 Å². The summed E-state index contributed by atoms with van der Waals surface area (Å²) < 4.78 is 15.7. The highest BCUT2D eigenvalue weighted by Crippen LogP contribution is 2.35. The Labute approximate surface area is 164 Å². The van der Waals surface area contributed by atoms with E-state index in [1.54, 1.807) is 11.8 Å². The normalized spacial score (nSPS) is 11.9. The predicted molar refractivity (Wildman–Crippen MR) is 103 cm³/mol. The molecule has 0 aliphatic rings. The van der Waals surface area contributed by atoms with Gasteiger partial charge in [0.15, 0.2) is 17.6 Å². The van der Waals surface area contributed by atoms with Crippen LogP contribution in [0, 0.1) is 10.1 Å². The van der Waals surface area contributed by atoms with E-state index in [9.17, 15) is 19.7 Å². The molecule has 156 valence electrons. The van der Waals surface area contributed by atoms with Crippen molar-refractivity contribution in [3.63, 3.8) is 0 Å². The molecule has 0 heterocycles. The summed E-state index contributed by atoms with van der Waals surface area (Å²) in [5.41, 5.74) is -0.802. The Morgan fingerprint density at radius 1 is 1.11 bits per heavy atom. The molecule has 9 heteroatoms. The number of ether oxygens (including phenoxy) is 3. The van der Waals surface area contributed by atoms with Gasteiger partial charge in [0.2, 0.25) is 0 Å². The van der Waals surface area contributed by atoms with Crippen LogP contribution in [0.2, 0.25) is 0 Å². The lowest BCUT2D eigenvalue weighted by Crippen LogP contribution is -2.47. The van der Waals surface area contributed by atoms with Gasteiger partial charge in [-0.3, -0.25) is 14.9 Å². The largest absolute Gasteiger partial charge is 0.493 e. The quantitative estimate of drug-likeness (QED) is 0.358. The number of esters is 1. The molecule has 9 nitrogen and oxygen atoms in total. The molecular formula is C19H28N2O7. The first-order valence-corrected chi connectivity index (χ1v) is 9.07. The number of amides is 1. The molecule has 0 aliphatic carbocycles. The highest BCUT2D eigenvalue weighted by atomic mass is 16.6. The number of hydrogen-bond acceptors (Lipinski definition) is 7. The maximum Gasteiger partial charge on any atom is 0.346 e. The number of carbonyl (C=O) groups excluding carboxylic acids is 2. The molecule has 1 unspecified atom stereocenters. The third-order valence-electron chi connectivity index (χ3n) is 4.00. The van der Waals surface area contributed by atoms with Crippen LogP contribution in [0.5, 0.6) is 11.5 Å². The summed E-state index contributed by atoms with van der Waals surface area (Å²) in [6.45, 7) is 10.9. The van der Waals surface area contributed by atoms with Crippen LogP contribution >= 0.6 is 0 Å². The van der Waals surface area contributed by atoms with Crippen LogP contribution in [0.15, 0.2) is 12.1 Å². The van der Waals surface area contributed by atoms with Crippen molar-refractivity contribution in [2.45, 2.75) is 59.7 Å². The number of rotatable bonds is 9. The SMILES string of the molecule is CCOc1cc(C(=O)OC(C)C(=O)N(C(C)C)C(C)C)c([N+](=O)[O-])cc1OC. The van der Waals surface area contributed by atoms with Crippen LogP contribution in [0.25, 0.3) is 0 Å². The van der Waals surface area contributed by atoms with Crippen LogP contribution < -0.4 is 9.47 Å². The lowest BCUT2D eigenvalue weighted by Gasteiger charge is -2.32. The minimum atomic E-state index is -1.10. The minimum Gasteiger partial charge on any atom is -0.493 e. The van der Waals surface area contributed by atoms with Gasteiger partial charge in [-0.05, 0) is 41.5 Å². The minimum absolute atomic E-state index is 0.0893. The molecule has 0 saturated carbocycles. The van der Waals surface area contributed by atoms with Crippen molar-refractivity contribution in [2.75, 3.05) is 13.7 Å². The Morgan fingerprint density at radius 2 is 1.68 bits per heavy atom. The maximum atomic E-state index is 12.7. The first-order chi connectivity index (χ1) is 13.0. The summed E-state index contributed by atoms with van der Waals surface area (Å²) in [7, 11) is 1.34. The van der Waals surface area contributed by atoms with Crippen LogP contribution in [-0.2, 0) is 9.53 Å². The van der Waals surface area contributed by atoms with Gasteiger partial charge in [-0.1, -0.05) is 0 Å². The average molecular weight is 396 g/mol. The van der Waals surface area contributed by atoms with Crippen molar-refractivity contribution in [2.24, 2.45) is 0 Å². The lowest BCUT2D eigenvalue weighted by molar-refractivity contribution is -0.385. The van der Waals surface area contributed by atoms with Crippen molar-refractivity contribution < 1.29 is 28.7 Å². The fourth-order valence-electron chi connectivity index (χ4n) is 2.88. The second-order valence-corrected chi connectivity index (χ2v) is 6.69. The summed E-state index contributed by atoms with van der Waals surface area (Å²) in [5, 5.41) is 11.4. The Balaban J connectivity index is 3.21. The van der Waals surface area contributed by atoms with Gasteiger partial charge in [-0.25, -0.2) is 4.79 Å². The highest BCUT2D eigenvalue weighted by molar-refractivity contribution is 5.96. The topological polar surface area (TPSA) is 108 Å². The van der Waals surface area contributed by atoms with E-state index in [1.807, 2.05) is 27.7 Å². The second-order valence-electron chi connectivity index (χ2n) is 6.69. The smallest absolute Gasteiger partial charge is 0.346 e. The molecule has 0 saturated heterocycles. The van der Waals surface area contributed by atoms with Gasteiger partial charge in [0.05, 0.1) is 24.7 Å². The summed E-state index contributed by atoms with van der Waals surface area (Å²) >= 11 is 0. The number of nitro benzene ring substituents is 1. The number of hydrogen-bond donors (Lipinski definition) is 0. The molecule has 0 bridgehead atoms. The molecule has 0 spiro atoms. The summed E-state index contributed by atoms with van der Waals surface area (Å²) in [4.78, 5) is 37.5. The number of carbonyl (C=O) groups is 2. The zero-order valence-corrected chi connectivity index (χ0v) is 17.3. The Morgan fingerprint density at radius 3 is 2.11 bits per heavy atom. The molecule has 0 aromatic heterocycles. The molecule has 28 heavy (non-hydrogen) atoms. The average Bonchev–Trinajstić information content (AvgIpc) is 2.60. The van der Waals surface area contributed by atoms with Crippen molar-refractivity contribution in [3.05, 3.63) is 27.8 Å². The van der Waals surface area contributed by atoms with Gasteiger partial charge in [-0.15, -0.1) is 0 Å². The van der Waals surface area contributed by atoms with E-state index < -0.39 is 22.7 Å². The van der Waals surface area contributed by atoms with Gasteiger partial charge < -0.3 is 19.1 Å². The zero-order chi connectivity index (χ0) is 21.6. The Kier molecular flexibility index (Phi) is 8.21. The predicted octanol–water partition coefficient (Wildman–Crippen LogP) is 3.19. The molecule has 1 aromatic rings. The standard InChI is InChI=1S/C19H28N2O7/c1-8-27-17-9-14(15(21(24)25)10-16(17)26-7)19(23)28-13(6)18(22)20(11(2)3)12(4)5/h9-13H,8H2,1-7H3. The first kappa shape index (κ1) is 23.2. The van der Waals surface area contributed by atoms with Crippen molar-refractivity contribution in [1.29, 1.82) is 0 Å². The summed E-state index contributed by atoms with van der Waals surface area (Å²) in [6, 6.07) is 2.12. The fraction of sp³-hybridized carbons (Fsp3) is 0.579. The summed E-state index contributed by atoms with van der Waals surface area (Å²) in [6.07, 6.45) is -1.10. The third kappa shape index (κ3) is 5.34. The van der Waals surface area contributed by atoms with E-state index in [-0.39, 0.29) is 41.7 Å². The van der Waals surface area contributed by atoms with E-state index in [0.29, 0.717) is 0 Å². The van der Waals surface area contributed by atoms with Gasteiger partial charge in [0.25, 0.3) is 11.6 Å². The van der Waals surface area contributed by atoms with Crippen LogP contribution in [0.3, 0.4) is 0 Å². The maximum absolute atomic E-state index is 12.7. The highest BCUT2D eigenvalue weighted by Gasteiger charge is 2.31. The molecule has 0 radical (unpaired) electrons. The molecule has 1 amide bonds. The van der Waals surface area contributed by atoms with E-state index in [0.717, 1.165) is 6.07 Å². The van der Waals surface area contributed by atoms with Crippen molar-refractivity contribution in [3.8, 4) is 11.5 Å². The Hall–Kier alpha value is -2.84. The number of methoxy groups -OCH3 is 1. The molecule has 0 aliphatic heterocycles. The van der Waals surface area contributed by atoms with Crippen molar-refractivity contribution >= 4 is 17.6 Å². The second kappa shape index (κ2) is 9.91.